The van der Waals surface area contributed by atoms with E-state index in [4.69, 9.17) is 0 Å². The molecule has 0 atom stereocenters. The van der Waals surface area contributed by atoms with Gasteiger partial charge >= 0.3 is 0 Å². The van der Waals surface area contributed by atoms with Gasteiger partial charge in [0.1, 0.15) is 5.78 Å². The third kappa shape index (κ3) is 2.40. The van der Waals surface area contributed by atoms with Crippen molar-refractivity contribution in [3.63, 3.8) is 0 Å². The molecule has 1 aliphatic carbocycles. The van der Waals surface area contributed by atoms with Gasteiger partial charge in [-0.15, -0.1) is 0 Å². The Bertz CT molecular complexity index is 810. The minimum atomic E-state index is -0.878. The predicted molar refractivity (Wildman–Crippen MR) is 94.0 cm³/mol. The zero-order chi connectivity index (χ0) is 17.5. The van der Waals surface area contributed by atoms with Crippen molar-refractivity contribution in [1.29, 1.82) is 0 Å². The quantitative estimate of drug-likeness (QED) is 0.589. The molecule has 1 aromatic rings. The molecule has 5 heteroatoms. The summed E-state index contributed by atoms with van der Waals surface area (Å²) < 4.78 is 0.898. The molecular formula is C19H16BrNO3. The molecule has 4 nitrogen and oxygen atoms in total. The van der Waals surface area contributed by atoms with Crippen LogP contribution in [0.5, 0.6) is 0 Å². The van der Waals surface area contributed by atoms with Gasteiger partial charge in [0.05, 0.1) is 5.54 Å². The topological polar surface area (TPSA) is 54.5 Å². The minimum Gasteiger partial charge on any atom is -0.299 e. The normalized spacial score (nSPS) is 20.1. The highest BCUT2D eigenvalue weighted by molar-refractivity contribution is 9.10. The highest BCUT2D eigenvalue weighted by atomic mass is 79.9. The molecule has 1 fully saturated rings. The molecule has 3 rings (SSSR count). The van der Waals surface area contributed by atoms with E-state index in [9.17, 15) is 14.4 Å². The van der Waals surface area contributed by atoms with Crippen LogP contribution in [0.15, 0.2) is 64.7 Å². The van der Waals surface area contributed by atoms with Gasteiger partial charge < -0.3 is 0 Å². The summed E-state index contributed by atoms with van der Waals surface area (Å²) in [5.74, 6) is -0.642. The highest BCUT2D eigenvalue weighted by Crippen LogP contribution is 2.47. The lowest BCUT2D eigenvalue weighted by atomic mass is 9.69. The zero-order valence-electron chi connectivity index (χ0n) is 13.2. The summed E-state index contributed by atoms with van der Waals surface area (Å²) >= 11 is 3.38. The Hall–Kier alpha value is -2.27. The van der Waals surface area contributed by atoms with Gasteiger partial charge in [-0.1, -0.05) is 46.8 Å². The van der Waals surface area contributed by atoms with Crippen LogP contribution in [-0.2, 0) is 19.9 Å². The van der Waals surface area contributed by atoms with Gasteiger partial charge in [0, 0.05) is 28.5 Å². The lowest BCUT2D eigenvalue weighted by Gasteiger charge is -2.46. The number of rotatable bonds is 4. The average molecular weight is 386 g/mol. The maximum atomic E-state index is 12.9. The molecule has 24 heavy (non-hydrogen) atoms. The zero-order valence-corrected chi connectivity index (χ0v) is 14.8. The molecule has 0 radical (unpaired) electrons. The molecular weight excluding hydrogens is 370 g/mol. The van der Waals surface area contributed by atoms with Crippen LogP contribution in [0.3, 0.4) is 0 Å². The van der Waals surface area contributed by atoms with Crippen LogP contribution in [-0.4, -0.2) is 22.5 Å². The van der Waals surface area contributed by atoms with Crippen LogP contribution in [0, 0.1) is 0 Å². The van der Waals surface area contributed by atoms with Crippen molar-refractivity contribution in [2.75, 3.05) is 0 Å². The fourth-order valence-corrected chi connectivity index (χ4v) is 3.52. The largest absolute Gasteiger partial charge is 0.299 e. The number of carbonyl (C=O) groups excluding carboxylic acids is 3. The van der Waals surface area contributed by atoms with Gasteiger partial charge in [-0.2, -0.15) is 0 Å². The van der Waals surface area contributed by atoms with E-state index in [0.29, 0.717) is 11.1 Å². The Morgan fingerprint density at radius 1 is 1.12 bits per heavy atom. The lowest BCUT2D eigenvalue weighted by molar-refractivity contribution is -0.154. The summed E-state index contributed by atoms with van der Waals surface area (Å²) in [7, 11) is 0. The first-order valence-corrected chi connectivity index (χ1v) is 8.36. The lowest BCUT2D eigenvalue weighted by Crippen LogP contribution is -2.58. The van der Waals surface area contributed by atoms with Crippen LogP contribution in [0.4, 0.5) is 0 Å². The number of amides is 2. The van der Waals surface area contributed by atoms with Crippen molar-refractivity contribution in [3.05, 3.63) is 70.3 Å². The van der Waals surface area contributed by atoms with Gasteiger partial charge in [0.25, 0.3) is 11.8 Å². The standard InChI is InChI=1S/C19H16BrNO3/c1-3-4-5-16-12(2)17(23)21(18(16)24)19(10-15(22)11-19)13-6-8-14(20)9-7-13/h3-9H,1,10-11H2,2H3/b5-4-. The molecule has 122 valence electrons. The fraction of sp³-hybridized carbons (Fsp3) is 0.211. The van der Waals surface area contributed by atoms with E-state index in [2.05, 4.69) is 22.5 Å². The van der Waals surface area contributed by atoms with Crippen LogP contribution in [0.1, 0.15) is 25.3 Å². The first-order valence-electron chi connectivity index (χ1n) is 7.57. The molecule has 0 aromatic heterocycles. The van der Waals surface area contributed by atoms with E-state index < -0.39 is 5.54 Å². The maximum absolute atomic E-state index is 12.9. The summed E-state index contributed by atoms with van der Waals surface area (Å²) in [4.78, 5) is 38.6. The Morgan fingerprint density at radius 3 is 2.29 bits per heavy atom. The molecule has 0 spiro atoms. The summed E-state index contributed by atoms with van der Waals surface area (Å²) in [6.45, 7) is 5.22. The van der Waals surface area contributed by atoms with Crippen LogP contribution in [0.25, 0.3) is 0 Å². The molecule has 0 bridgehead atoms. The number of hydrogen-bond acceptors (Lipinski definition) is 3. The second kappa shape index (κ2) is 5.98. The number of ketones is 1. The highest BCUT2D eigenvalue weighted by Gasteiger charge is 2.56. The van der Waals surface area contributed by atoms with E-state index >= 15 is 0 Å². The number of hydrogen-bond donors (Lipinski definition) is 0. The number of benzene rings is 1. The molecule has 2 amide bonds. The Balaban J connectivity index is 2.05. The Labute approximate surface area is 148 Å². The van der Waals surface area contributed by atoms with Gasteiger partial charge in [0.15, 0.2) is 0 Å². The third-order valence-electron chi connectivity index (χ3n) is 4.55. The molecule has 2 aliphatic rings. The Kier molecular flexibility index (Phi) is 4.13. The van der Waals surface area contributed by atoms with Crippen molar-refractivity contribution >= 4 is 33.5 Å². The van der Waals surface area contributed by atoms with E-state index in [1.807, 2.05) is 24.3 Å². The number of allylic oxidation sites excluding steroid dienone is 2. The number of imide groups is 1. The van der Waals surface area contributed by atoms with Crippen LogP contribution < -0.4 is 0 Å². The second-order valence-corrected chi connectivity index (χ2v) is 6.93. The molecule has 0 N–H and O–H groups in total. The van der Waals surface area contributed by atoms with Crippen LogP contribution >= 0.6 is 15.9 Å². The summed E-state index contributed by atoms with van der Waals surface area (Å²) in [5.41, 5.74) is 0.676. The summed E-state index contributed by atoms with van der Waals surface area (Å²) in [6.07, 6.45) is 5.11. The van der Waals surface area contributed by atoms with E-state index in [1.54, 1.807) is 25.2 Å². The van der Waals surface area contributed by atoms with Crippen molar-refractivity contribution in [1.82, 2.24) is 4.90 Å². The van der Waals surface area contributed by atoms with E-state index in [1.165, 1.54) is 4.90 Å². The van der Waals surface area contributed by atoms with E-state index in [0.717, 1.165) is 10.0 Å². The van der Waals surface area contributed by atoms with Crippen LogP contribution in [0.2, 0.25) is 0 Å². The number of halogens is 1. The van der Waals surface area contributed by atoms with Crippen molar-refractivity contribution in [2.24, 2.45) is 0 Å². The predicted octanol–water partition coefficient (Wildman–Crippen LogP) is 3.43. The molecule has 0 saturated heterocycles. The molecule has 1 aliphatic heterocycles. The number of carbonyl (C=O) groups is 3. The SMILES string of the molecule is C=C/C=C\C1=C(C)C(=O)N(C2(c3ccc(Br)cc3)CC(=O)C2)C1=O. The van der Waals surface area contributed by atoms with Gasteiger partial charge in [-0.25, -0.2) is 0 Å². The van der Waals surface area contributed by atoms with Gasteiger partial charge in [-0.05, 0) is 30.7 Å². The van der Waals surface area contributed by atoms with Gasteiger partial charge in [-0.3, -0.25) is 19.3 Å². The maximum Gasteiger partial charge on any atom is 0.262 e. The Morgan fingerprint density at radius 2 is 1.75 bits per heavy atom. The van der Waals surface area contributed by atoms with Crippen molar-refractivity contribution < 1.29 is 14.4 Å². The smallest absolute Gasteiger partial charge is 0.262 e. The van der Waals surface area contributed by atoms with Crippen molar-refractivity contribution in [3.8, 4) is 0 Å². The fourth-order valence-electron chi connectivity index (χ4n) is 3.26. The number of Topliss-reactive ketones (excluding diaryl/α,β-unsaturated/α-hetero) is 1. The molecule has 1 saturated carbocycles. The molecule has 0 unspecified atom stereocenters. The minimum absolute atomic E-state index is 0.0475. The van der Waals surface area contributed by atoms with Gasteiger partial charge in [0.2, 0.25) is 0 Å². The van der Waals surface area contributed by atoms with Crippen molar-refractivity contribution in [2.45, 2.75) is 25.3 Å². The molecule has 1 aromatic carbocycles. The second-order valence-electron chi connectivity index (χ2n) is 6.01. The third-order valence-corrected chi connectivity index (χ3v) is 5.08. The first-order chi connectivity index (χ1) is 11.4. The monoisotopic (exact) mass is 385 g/mol. The average Bonchev–Trinajstić information content (AvgIpc) is 2.73. The summed E-state index contributed by atoms with van der Waals surface area (Å²) in [6, 6.07) is 7.40. The molecule has 1 heterocycles. The van der Waals surface area contributed by atoms with E-state index in [-0.39, 0.29) is 30.4 Å². The number of nitrogens with zero attached hydrogens (tertiary/aromatic N) is 1. The first kappa shape index (κ1) is 16.6. The summed E-state index contributed by atoms with van der Waals surface area (Å²) in [5, 5.41) is 0.